The van der Waals surface area contributed by atoms with Gasteiger partial charge >= 0.3 is 6.03 Å². The minimum absolute atomic E-state index is 0.0527. The number of nitrogens with zero attached hydrogens (tertiary/aromatic N) is 2. The molecule has 1 N–H and O–H groups in total. The third-order valence-electron chi connectivity index (χ3n) is 4.61. The Labute approximate surface area is 146 Å². The first kappa shape index (κ1) is 15.7. The highest BCUT2D eigenvalue weighted by molar-refractivity contribution is 5.75. The summed E-state index contributed by atoms with van der Waals surface area (Å²) in [5.74, 6) is 1.55. The lowest BCUT2D eigenvalue weighted by atomic mass is 10.0. The molecule has 1 unspecified atom stereocenters. The monoisotopic (exact) mass is 339 g/mol. The number of benzene rings is 1. The number of likely N-dealkylation sites (tertiary alicyclic amines) is 1. The van der Waals surface area contributed by atoms with Crippen LogP contribution in [0.5, 0.6) is 11.5 Å². The van der Waals surface area contributed by atoms with Gasteiger partial charge in [0.05, 0.1) is 18.3 Å². The average molecular weight is 339 g/mol. The van der Waals surface area contributed by atoms with E-state index in [-0.39, 0.29) is 12.1 Å². The Balaban J connectivity index is 1.45. The molecule has 2 aliphatic rings. The second-order valence-corrected chi connectivity index (χ2v) is 6.23. The minimum Gasteiger partial charge on any atom is -0.486 e. The van der Waals surface area contributed by atoms with Crippen LogP contribution in [0.4, 0.5) is 4.79 Å². The van der Waals surface area contributed by atoms with E-state index in [1.165, 1.54) is 0 Å². The summed E-state index contributed by atoms with van der Waals surface area (Å²) in [6.07, 6.45) is 3.68. The first-order valence-electron chi connectivity index (χ1n) is 8.65. The zero-order chi connectivity index (χ0) is 17.1. The number of pyridine rings is 1. The lowest BCUT2D eigenvalue weighted by molar-refractivity contribution is 0.170. The Morgan fingerprint density at radius 1 is 1.20 bits per heavy atom. The fraction of sp³-hybridized carbons (Fsp3) is 0.368. The molecule has 0 aliphatic carbocycles. The molecule has 2 aliphatic heterocycles. The molecule has 25 heavy (non-hydrogen) atoms. The van der Waals surface area contributed by atoms with E-state index in [0.717, 1.165) is 42.1 Å². The summed E-state index contributed by atoms with van der Waals surface area (Å²) in [5, 5.41) is 2.97. The molecule has 6 heteroatoms. The van der Waals surface area contributed by atoms with Gasteiger partial charge in [-0.1, -0.05) is 12.1 Å². The Morgan fingerprint density at radius 3 is 2.92 bits per heavy atom. The molecule has 3 heterocycles. The number of carbonyl (C=O) groups excluding carboxylic acids is 1. The van der Waals surface area contributed by atoms with Crippen molar-refractivity contribution >= 4 is 6.03 Å². The van der Waals surface area contributed by atoms with Gasteiger partial charge in [-0.3, -0.25) is 4.98 Å². The Morgan fingerprint density at radius 2 is 2.08 bits per heavy atom. The van der Waals surface area contributed by atoms with E-state index >= 15 is 0 Å². The van der Waals surface area contributed by atoms with Gasteiger partial charge in [-0.25, -0.2) is 4.79 Å². The summed E-state index contributed by atoms with van der Waals surface area (Å²) in [6, 6.07) is 11.7. The predicted octanol–water partition coefficient (Wildman–Crippen LogP) is 2.90. The lowest BCUT2D eigenvalue weighted by Gasteiger charge is -2.27. The lowest BCUT2D eigenvalue weighted by Crippen LogP contribution is -2.39. The molecule has 2 aromatic rings. The quantitative estimate of drug-likeness (QED) is 0.934. The molecule has 1 aromatic carbocycles. The SMILES string of the molecule is O=C(NCc1ccccn1)N1CCCC1c1ccc2c(c1)OCCO2. The van der Waals surface area contributed by atoms with Crippen LogP contribution in [-0.2, 0) is 6.54 Å². The number of amides is 2. The van der Waals surface area contributed by atoms with Crippen molar-refractivity contribution in [3.63, 3.8) is 0 Å². The van der Waals surface area contributed by atoms with Gasteiger partial charge in [0.1, 0.15) is 13.2 Å². The van der Waals surface area contributed by atoms with Crippen molar-refractivity contribution in [2.45, 2.75) is 25.4 Å². The third kappa shape index (κ3) is 3.38. The number of rotatable bonds is 3. The van der Waals surface area contributed by atoms with Crippen molar-refractivity contribution in [1.82, 2.24) is 15.2 Å². The topological polar surface area (TPSA) is 63.7 Å². The molecule has 1 atom stereocenters. The van der Waals surface area contributed by atoms with Crippen LogP contribution in [-0.4, -0.2) is 35.7 Å². The van der Waals surface area contributed by atoms with Crippen LogP contribution in [0.3, 0.4) is 0 Å². The number of nitrogens with one attached hydrogen (secondary N) is 1. The highest BCUT2D eigenvalue weighted by Crippen LogP contribution is 2.38. The number of carbonyl (C=O) groups is 1. The smallest absolute Gasteiger partial charge is 0.318 e. The van der Waals surface area contributed by atoms with Crippen LogP contribution in [0.15, 0.2) is 42.6 Å². The number of hydrogen-bond acceptors (Lipinski definition) is 4. The average Bonchev–Trinajstić information content (AvgIpc) is 3.16. The fourth-order valence-electron chi connectivity index (χ4n) is 3.39. The molecule has 0 radical (unpaired) electrons. The van der Waals surface area contributed by atoms with Gasteiger partial charge in [-0.2, -0.15) is 0 Å². The van der Waals surface area contributed by atoms with E-state index in [1.807, 2.05) is 41.3 Å². The molecule has 4 rings (SSSR count). The largest absolute Gasteiger partial charge is 0.486 e. The van der Waals surface area contributed by atoms with Crippen molar-refractivity contribution in [3.05, 3.63) is 53.9 Å². The Kier molecular flexibility index (Phi) is 4.41. The number of hydrogen-bond donors (Lipinski definition) is 1. The number of aromatic nitrogens is 1. The Bertz CT molecular complexity index is 751. The summed E-state index contributed by atoms with van der Waals surface area (Å²) >= 11 is 0. The summed E-state index contributed by atoms with van der Waals surface area (Å²) in [7, 11) is 0. The van der Waals surface area contributed by atoms with Gasteiger partial charge in [0.15, 0.2) is 11.5 Å². The molecular formula is C19H21N3O3. The standard InChI is InChI=1S/C19H21N3O3/c23-19(21-13-15-4-1-2-8-20-15)22-9-3-5-16(22)14-6-7-17-18(12-14)25-11-10-24-17/h1-2,4,6-8,12,16H,3,5,9-11,13H2,(H,21,23). The first-order valence-corrected chi connectivity index (χ1v) is 8.65. The fourth-order valence-corrected chi connectivity index (χ4v) is 3.39. The van der Waals surface area contributed by atoms with Gasteiger partial charge in [0.2, 0.25) is 0 Å². The molecule has 0 spiro atoms. The van der Waals surface area contributed by atoms with Crippen LogP contribution in [0.1, 0.15) is 30.1 Å². The van der Waals surface area contributed by atoms with Crippen LogP contribution in [0, 0.1) is 0 Å². The third-order valence-corrected chi connectivity index (χ3v) is 4.61. The highest BCUT2D eigenvalue weighted by atomic mass is 16.6. The summed E-state index contributed by atoms with van der Waals surface area (Å²) in [6.45, 7) is 2.34. The molecule has 0 bridgehead atoms. The number of urea groups is 1. The van der Waals surface area contributed by atoms with Gasteiger partial charge in [-0.15, -0.1) is 0 Å². The maximum Gasteiger partial charge on any atom is 0.318 e. The van der Waals surface area contributed by atoms with Gasteiger partial charge in [0, 0.05) is 12.7 Å². The van der Waals surface area contributed by atoms with E-state index in [4.69, 9.17) is 9.47 Å². The summed E-state index contributed by atoms with van der Waals surface area (Å²) in [5.41, 5.74) is 1.95. The predicted molar refractivity (Wildman–Crippen MR) is 92.6 cm³/mol. The van der Waals surface area contributed by atoms with Crippen molar-refractivity contribution < 1.29 is 14.3 Å². The van der Waals surface area contributed by atoms with Gasteiger partial charge in [0.25, 0.3) is 0 Å². The van der Waals surface area contributed by atoms with E-state index in [2.05, 4.69) is 10.3 Å². The minimum atomic E-state index is -0.0527. The second-order valence-electron chi connectivity index (χ2n) is 6.23. The first-order chi connectivity index (χ1) is 12.3. The van der Waals surface area contributed by atoms with E-state index < -0.39 is 0 Å². The van der Waals surface area contributed by atoms with Crippen LogP contribution in [0.2, 0.25) is 0 Å². The number of fused-ring (bicyclic) bond motifs is 1. The zero-order valence-electron chi connectivity index (χ0n) is 14.0. The summed E-state index contributed by atoms with van der Waals surface area (Å²) in [4.78, 5) is 18.8. The van der Waals surface area contributed by atoms with Crippen molar-refractivity contribution in [1.29, 1.82) is 0 Å². The van der Waals surface area contributed by atoms with Crippen LogP contribution < -0.4 is 14.8 Å². The highest BCUT2D eigenvalue weighted by Gasteiger charge is 2.30. The number of ether oxygens (including phenoxy) is 2. The molecule has 1 aromatic heterocycles. The van der Waals surface area contributed by atoms with Crippen LogP contribution in [0.25, 0.3) is 0 Å². The van der Waals surface area contributed by atoms with E-state index in [1.54, 1.807) is 6.20 Å². The second kappa shape index (κ2) is 7.01. The normalized spacial score (nSPS) is 18.9. The van der Waals surface area contributed by atoms with Crippen molar-refractivity contribution in [2.75, 3.05) is 19.8 Å². The van der Waals surface area contributed by atoms with Gasteiger partial charge < -0.3 is 19.7 Å². The molecule has 130 valence electrons. The zero-order valence-corrected chi connectivity index (χ0v) is 14.0. The van der Waals surface area contributed by atoms with Gasteiger partial charge in [-0.05, 0) is 42.7 Å². The van der Waals surface area contributed by atoms with Crippen molar-refractivity contribution in [2.24, 2.45) is 0 Å². The molecule has 2 amide bonds. The van der Waals surface area contributed by atoms with Crippen molar-refractivity contribution in [3.8, 4) is 11.5 Å². The Hall–Kier alpha value is -2.76. The maximum atomic E-state index is 12.6. The molecule has 6 nitrogen and oxygen atoms in total. The maximum absolute atomic E-state index is 12.6. The molecule has 0 saturated carbocycles. The summed E-state index contributed by atoms with van der Waals surface area (Å²) < 4.78 is 11.3. The molecule has 1 saturated heterocycles. The molecular weight excluding hydrogens is 318 g/mol. The van der Waals surface area contributed by atoms with E-state index in [0.29, 0.717) is 19.8 Å². The van der Waals surface area contributed by atoms with Crippen LogP contribution >= 0.6 is 0 Å². The van der Waals surface area contributed by atoms with E-state index in [9.17, 15) is 4.79 Å². The molecule has 1 fully saturated rings.